The molecule has 40 heavy (non-hydrogen) atoms. The number of hydrogen-bond donors (Lipinski definition) is 1. The molecule has 224 valence electrons. The third-order valence-electron chi connectivity index (χ3n) is 8.10. The van der Waals surface area contributed by atoms with Crippen LogP contribution in [0.1, 0.15) is 108 Å². The van der Waals surface area contributed by atoms with Gasteiger partial charge in [-0.3, -0.25) is 9.59 Å². The maximum absolute atomic E-state index is 13.6. The van der Waals surface area contributed by atoms with E-state index in [1.165, 1.54) is 0 Å². The van der Waals surface area contributed by atoms with Crippen molar-refractivity contribution in [2.45, 2.75) is 104 Å². The average Bonchev–Trinajstić information content (AvgIpc) is 3.27. The number of hydrogen-bond acceptors (Lipinski definition) is 9. The van der Waals surface area contributed by atoms with E-state index in [-0.39, 0.29) is 29.2 Å². The quantitative estimate of drug-likeness (QED) is 0.301. The molecule has 0 amide bonds. The van der Waals surface area contributed by atoms with E-state index in [2.05, 4.69) is 11.9 Å². The summed E-state index contributed by atoms with van der Waals surface area (Å²) in [6.45, 7) is 8.74. The van der Waals surface area contributed by atoms with E-state index >= 15 is 0 Å². The van der Waals surface area contributed by atoms with Gasteiger partial charge in [0.1, 0.15) is 18.5 Å². The van der Waals surface area contributed by atoms with Crippen LogP contribution in [0.25, 0.3) is 5.70 Å². The van der Waals surface area contributed by atoms with Crippen molar-refractivity contribution in [3.8, 4) is 5.88 Å². The molecule has 9 heteroatoms. The molecule has 1 saturated heterocycles. The number of fused-ring (bicyclic) bond motifs is 1. The molecule has 0 aromatic carbocycles. The summed E-state index contributed by atoms with van der Waals surface area (Å²) in [6, 6.07) is 0.331. The normalized spacial score (nSPS) is 23.9. The summed E-state index contributed by atoms with van der Waals surface area (Å²) in [5, 5.41) is 0. The Labute approximate surface area is 240 Å². The summed E-state index contributed by atoms with van der Waals surface area (Å²) in [6.07, 6.45) is 8.16. The number of carbonyl (C=O) groups excluding carboxylic acids is 2. The summed E-state index contributed by atoms with van der Waals surface area (Å²) >= 11 is 0. The largest absolute Gasteiger partial charge is 0.476 e. The van der Waals surface area contributed by atoms with Crippen LogP contribution in [0.3, 0.4) is 0 Å². The fourth-order valence-corrected chi connectivity index (χ4v) is 5.83. The lowest BCUT2D eigenvalue weighted by Crippen LogP contribution is -2.31. The van der Waals surface area contributed by atoms with E-state index in [1.54, 1.807) is 7.11 Å². The molecule has 4 rings (SSSR count). The zero-order chi connectivity index (χ0) is 29.1. The second-order valence-corrected chi connectivity index (χ2v) is 10.8. The zero-order valence-electron chi connectivity index (χ0n) is 25.3. The van der Waals surface area contributed by atoms with Crippen molar-refractivity contribution in [3.05, 3.63) is 22.7 Å². The van der Waals surface area contributed by atoms with Crippen LogP contribution in [0.4, 0.5) is 0 Å². The van der Waals surface area contributed by atoms with Gasteiger partial charge in [0.15, 0.2) is 11.6 Å². The van der Waals surface area contributed by atoms with Crippen molar-refractivity contribution in [1.29, 1.82) is 0 Å². The van der Waals surface area contributed by atoms with Gasteiger partial charge in [0.05, 0.1) is 17.3 Å². The first kappa shape index (κ1) is 32.2. The van der Waals surface area contributed by atoms with Gasteiger partial charge in [0.2, 0.25) is 5.88 Å². The van der Waals surface area contributed by atoms with Gasteiger partial charge in [-0.15, -0.1) is 0 Å². The molecule has 9 nitrogen and oxygen atoms in total. The third kappa shape index (κ3) is 7.89. The Kier molecular flexibility index (Phi) is 13.0. The molecular weight excluding hydrogens is 508 g/mol. The second kappa shape index (κ2) is 16.2. The number of likely N-dealkylation sites (N-methyl/N-ethyl adjacent to an activating group) is 1. The van der Waals surface area contributed by atoms with Gasteiger partial charge in [-0.1, -0.05) is 33.6 Å². The van der Waals surface area contributed by atoms with Gasteiger partial charge in [-0.25, -0.2) is 4.98 Å². The highest BCUT2D eigenvalue weighted by Crippen LogP contribution is 2.35. The summed E-state index contributed by atoms with van der Waals surface area (Å²) in [7, 11) is 3.79. The molecule has 1 saturated carbocycles. The molecule has 3 heterocycles. The number of ether oxygens (including phenoxy) is 3. The van der Waals surface area contributed by atoms with Gasteiger partial charge in [0, 0.05) is 50.3 Å². The molecule has 0 bridgehead atoms. The van der Waals surface area contributed by atoms with E-state index in [0.717, 1.165) is 62.7 Å². The van der Waals surface area contributed by atoms with Crippen molar-refractivity contribution in [3.63, 3.8) is 0 Å². The Balaban J connectivity index is 0.00000216. The summed E-state index contributed by atoms with van der Waals surface area (Å²) < 4.78 is 17.9. The number of nitrogens with two attached hydrogens (primary N) is 1. The Morgan fingerprint density at radius 2 is 1.93 bits per heavy atom. The number of nitrogens with zero attached hydrogens (tertiary/aromatic N) is 3. The molecule has 0 unspecified atom stereocenters. The fourth-order valence-electron chi connectivity index (χ4n) is 5.83. The first-order chi connectivity index (χ1) is 19.4. The maximum Gasteiger partial charge on any atom is 0.220 e. The lowest BCUT2D eigenvalue weighted by molar-refractivity contribution is -0.132. The Hall–Kier alpha value is -2.36. The van der Waals surface area contributed by atoms with E-state index in [0.29, 0.717) is 63.0 Å². The first-order valence-corrected chi connectivity index (χ1v) is 15.3. The van der Waals surface area contributed by atoms with Crippen LogP contribution < -0.4 is 10.5 Å². The minimum absolute atomic E-state index is 0.0169. The molecule has 1 aromatic rings. The number of Topliss-reactive ketones (excluding diaryl/α,β-unsaturated/α-hetero) is 2. The lowest BCUT2D eigenvalue weighted by Gasteiger charge is -2.23. The summed E-state index contributed by atoms with van der Waals surface area (Å²) in [5.41, 5.74) is 9.11. The minimum Gasteiger partial charge on any atom is -0.476 e. The minimum atomic E-state index is -0.615. The second-order valence-electron chi connectivity index (χ2n) is 10.8. The standard InChI is InChI=1S/C29H44N4O5.C2H6/c1-4-9-21(27(35)20-11-5-6-13-23(20)34)25(30)28-31-26-22(12-8-16-37-24(26)14-17-36-3)29(32-28)38-18-19-10-7-15-33(19)2;1-2/h19-20,24H,4-18,30H2,1-3H3;1-2H3/b25-21-;/t19-,20-,24+;/m0./s1. The summed E-state index contributed by atoms with van der Waals surface area (Å²) in [5.74, 6) is 0.0406. The van der Waals surface area contributed by atoms with Crippen LogP contribution in [0.15, 0.2) is 5.57 Å². The van der Waals surface area contributed by atoms with Crippen LogP contribution in [-0.4, -0.2) is 73.0 Å². The van der Waals surface area contributed by atoms with Gasteiger partial charge < -0.3 is 24.8 Å². The smallest absolute Gasteiger partial charge is 0.220 e. The molecule has 0 radical (unpaired) electrons. The molecule has 1 aliphatic carbocycles. The van der Waals surface area contributed by atoms with Crippen molar-refractivity contribution in [2.75, 3.05) is 40.5 Å². The van der Waals surface area contributed by atoms with Gasteiger partial charge in [-0.05, 0) is 58.5 Å². The maximum atomic E-state index is 13.6. The van der Waals surface area contributed by atoms with Gasteiger partial charge in [0.25, 0.3) is 0 Å². The SMILES string of the molecule is CC.CCC/C(C(=O)[C@H]1CCCCC1=O)=C(/N)c1nc(OC[C@@H]2CCCN2C)c2c(n1)[C@@H](CCOC)OCCC2. The first-order valence-electron chi connectivity index (χ1n) is 15.3. The number of likely N-dealkylation sites (tertiary alicyclic amines) is 1. The number of ketones is 2. The highest BCUT2D eigenvalue weighted by Gasteiger charge is 2.33. The van der Waals surface area contributed by atoms with Crippen LogP contribution in [0.2, 0.25) is 0 Å². The molecule has 3 aliphatic rings. The van der Waals surface area contributed by atoms with E-state index in [1.807, 2.05) is 20.8 Å². The number of carbonyl (C=O) groups is 2. The number of allylic oxidation sites excluding steroid dienone is 1. The van der Waals surface area contributed by atoms with Crippen LogP contribution in [-0.2, 0) is 25.5 Å². The predicted molar refractivity (Wildman–Crippen MR) is 156 cm³/mol. The molecular formula is C31H50N4O5. The van der Waals surface area contributed by atoms with Crippen LogP contribution in [0.5, 0.6) is 5.88 Å². The lowest BCUT2D eigenvalue weighted by atomic mass is 9.81. The highest BCUT2D eigenvalue weighted by molar-refractivity contribution is 6.13. The van der Waals surface area contributed by atoms with Crippen LogP contribution >= 0.6 is 0 Å². The Morgan fingerprint density at radius 1 is 1.12 bits per heavy atom. The topological polar surface area (TPSA) is 117 Å². The number of rotatable bonds is 11. The van der Waals surface area contributed by atoms with E-state index in [4.69, 9.17) is 29.9 Å². The van der Waals surface area contributed by atoms with Crippen molar-refractivity contribution < 1.29 is 23.8 Å². The van der Waals surface area contributed by atoms with Gasteiger partial charge >= 0.3 is 0 Å². The van der Waals surface area contributed by atoms with Gasteiger partial charge in [-0.2, -0.15) is 4.98 Å². The van der Waals surface area contributed by atoms with E-state index in [9.17, 15) is 9.59 Å². The van der Waals surface area contributed by atoms with E-state index < -0.39 is 5.92 Å². The molecule has 3 atom stereocenters. The molecule has 1 aromatic heterocycles. The fraction of sp³-hybridized carbons (Fsp3) is 0.742. The Morgan fingerprint density at radius 3 is 2.60 bits per heavy atom. The summed E-state index contributed by atoms with van der Waals surface area (Å²) in [4.78, 5) is 38.2. The third-order valence-corrected chi connectivity index (χ3v) is 8.10. The van der Waals surface area contributed by atoms with Crippen molar-refractivity contribution >= 4 is 17.3 Å². The number of aromatic nitrogens is 2. The monoisotopic (exact) mass is 558 g/mol. The predicted octanol–water partition coefficient (Wildman–Crippen LogP) is 4.81. The molecule has 0 spiro atoms. The zero-order valence-corrected chi connectivity index (χ0v) is 25.3. The Bertz CT molecular complexity index is 1030. The van der Waals surface area contributed by atoms with Crippen LogP contribution in [0, 0.1) is 5.92 Å². The molecule has 2 N–H and O–H groups in total. The average molecular weight is 559 g/mol. The molecule has 2 aliphatic heterocycles. The molecule has 2 fully saturated rings. The van der Waals surface area contributed by atoms with Crippen molar-refractivity contribution in [1.82, 2.24) is 14.9 Å². The highest BCUT2D eigenvalue weighted by atomic mass is 16.5. The number of methoxy groups -OCH3 is 1. The van der Waals surface area contributed by atoms with Crippen molar-refractivity contribution in [2.24, 2.45) is 11.7 Å².